The molecule has 0 aliphatic carbocycles. The molecule has 1 saturated heterocycles. The van der Waals surface area contributed by atoms with E-state index in [-0.39, 0.29) is 17.7 Å². The van der Waals surface area contributed by atoms with Gasteiger partial charge < -0.3 is 30.5 Å². The summed E-state index contributed by atoms with van der Waals surface area (Å²) in [4.78, 5) is 40.5. The zero-order valence-corrected chi connectivity index (χ0v) is 30.8. The number of aldehydes is 1. The molecule has 3 N–H and O–H groups in total. The van der Waals surface area contributed by atoms with Crippen LogP contribution in [0, 0.1) is 11.6 Å². The predicted octanol–water partition coefficient (Wildman–Crippen LogP) is 6.17. The number of halogens is 2. The maximum absolute atomic E-state index is 14.9. The molecular weight excluding hydrogens is 713 g/mol. The molecule has 1 atom stereocenters. The Balaban J connectivity index is 1.07. The number of nitrogens with two attached hydrogens (primary N) is 1. The number of amidine groups is 1. The third kappa shape index (κ3) is 8.11. The Kier molecular flexibility index (Phi) is 10.7. The van der Waals surface area contributed by atoms with E-state index < -0.39 is 17.2 Å². The van der Waals surface area contributed by atoms with Crippen molar-refractivity contribution in [3.63, 3.8) is 0 Å². The van der Waals surface area contributed by atoms with E-state index in [4.69, 9.17) is 10.5 Å². The first-order chi connectivity index (χ1) is 26.1. The van der Waals surface area contributed by atoms with Gasteiger partial charge in [0.15, 0.2) is 12.1 Å². The number of carbonyl (C=O) groups excluding carboxylic acids is 2. The van der Waals surface area contributed by atoms with Gasteiger partial charge in [-0.1, -0.05) is 24.3 Å². The molecule has 2 aliphatic heterocycles. The monoisotopic (exact) mass is 753 g/mol. The maximum atomic E-state index is 14.9. The Bertz CT molecular complexity index is 2140. The molecule has 1 amide bonds. The summed E-state index contributed by atoms with van der Waals surface area (Å²) in [5.41, 5.74) is 9.18. The number of aliphatic imine (C=N–C) groups is 1. The molecule has 2 aromatic heterocycles. The zero-order chi connectivity index (χ0) is 37.8. The second-order valence-electron chi connectivity index (χ2n) is 13.8. The summed E-state index contributed by atoms with van der Waals surface area (Å²) in [7, 11) is 1.88. The molecule has 0 bridgehead atoms. The third-order valence-corrected chi connectivity index (χ3v) is 11.0. The number of carbonyl (C=O) groups is 2. The van der Waals surface area contributed by atoms with Crippen LogP contribution in [0.3, 0.4) is 0 Å². The maximum Gasteiger partial charge on any atom is 0.261 e. The number of ether oxygens (including phenoxy) is 1. The molecule has 2 aliphatic rings. The molecule has 3 aromatic carbocycles. The highest BCUT2D eigenvalue weighted by Gasteiger charge is 2.34. The summed E-state index contributed by atoms with van der Waals surface area (Å²) < 4.78 is 36.3. The van der Waals surface area contributed by atoms with Gasteiger partial charge in [-0.2, -0.15) is 5.10 Å². The van der Waals surface area contributed by atoms with Crippen LogP contribution in [0.5, 0.6) is 5.75 Å². The van der Waals surface area contributed by atoms with Crippen molar-refractivity contribution in [2.24, 2.45) is 10.7 Å². The van der Waals surface area contributed by atoms with Gasteiger partial charge in [-0.05, 0) is 67.8 Å². The topological polar surface area (TPSA) is 134 Å². The second kappa shape index (κ2) is 15.7. The lowest BCUT2D eigenvalue weighted by atomic mass is 9.88. The number of benzene rings is 3. The van der Waals surface area contributed by atoms with Gasteiger partial charge in [-0.25, -0.2) is 18.8 Å². The molecule has 0 saturated carbocycles. The molecule has 15 heteroatoms. The first kappa shape index (κ1) is 36.7. The number of thiophene rings is 1. The van der Waals surface area contributed by atoms with Gasteiger partial charge in [0.2, 0.25) is 0 Å². The van der Waals surface area contributed by atoms with Crippen LogP contribution in [-0.2, 0) is 11.3 Å². The lowest BCUT2D eigenvalue weighted by Gasteiger charge is -2.41. The lowest BCUT2D eigenvalue weighted by Crippen LogP contribution is -2.53. The van der Waals surface area contributed by atoms with Crippen LogP contribution in [0.1, 0.15) is 40.9 Å². The lowest BCUT2D eigenvalue weighted by molar-refractivity contribution is -0.102. The number of fused-ring (bicyclic) bond motifs is 1. The van der Waals surface area contributed by atoms with E-state index in [1.54, 1.807) is 17.1 Å². The molecule has 4 heterocycles. The van der Waals surface area contributed by atoms with Crippen LogP contribution < -0.4 is 25.6 Å². The summed E-state index contributed by atoms with van der Waals surface area (Å²) >= 11 is 1.16. The number of aromatic nitrogens is 3. The number of amides is 1. The molecule has 0 unspecified atom stereocenters. The van der Waals surface area contributed by atoms with Gasteiger partial charge in [-0.15, -0.1) is 11.3 Å². The molecule has 5 aromatic rings. The van der Waals surface area contributed by atoms with Gasteiger partial charge in [-0.3, -0.25) is 14.3 Å². The van der Waals surface area contributed by atoms with Crippen molar-refractivity contribution in [2.45, 2.75) is 37.8 Å². The molecule has 7 rings (SSSR count). The summed E-state index contributed by atoms with van der Waals surface area (Å²) in [6, 6.07) is 21.4. The number of hydrogen-bond acceptors (Lipinski definition) is 10. The van der Waals surface area contributed by atoms with E-state index in [0.29, 0.717) is 79.6 Å². The van der Waals surface area contributed by atoms with Crippen molar-refractivity contribution >= 4 is 57.1 Å². The van der Waals surface area contributed by atoms with Crippen LogP contribution in [0.25, 0.3) is 0 Å². The van der Waals surface area contributed by atoms with Crippen LogP contribution >= 0.6 is 11.3 Å². The molecule has 280 valence electrons. The number of hydrogen-bond donors (Lipinski definition) is 2. The minimum absolute atomic E-state index is 0.200. The van der Waals surface area contributed by atoms with Crippen molar-refractivity contribution in [3.8, 4) is 5.75 Å². The molecule has 12 nitrogen and oxygen atoms in total. The summed E-state index contributed by atoms with van der Waals surface area (Å²) in [5.74, 6) is -1.21. The average molecular weight is 754 g/mol. The van der Waals surface area contributed by atoms with Gasteiger partial charge in [0.05, 0.1) is 29.3 Å². The first-order valence-electron chi connectivity index (χ1n) is 17.7. The molecule has 54 heavy (non-hydrogen) atoms. The van der Waals surface area contributed by atoms with E-state index >= 15 is 0 Å². The Morgan fingerprint density at radius 2 is 1.89 bits per heavy atom. The van der Waals surface area contributed by atoms with E-state index in [0.717, 1.165) is 40.2 Å². The molecular formula is C39H41F2N9O3S. The largest absolute Gasteiger partial charge is 0.490 e. The van der Waals surface area contributed by atoms with Crippen LogP contribution in [0.4, 0.5) is 36.5 Å². The molecule has 0 spiro atoms. The van der Waals surface area contributed by atoms with Crippen LogP contribution in [0.15, 0.2) is 90.4 Å². The van der Waals surface area contributed by atoms with E-state index in [9.17, 15) is 18.4 Å². The quantitative estimate of drug-likeness (QED) is 0.0872. The van der Waals surface area contributed by atoms with Gasteiger partial charge in [0, 0.05) is 55.6 Å². The highest BCUT2D eigenvalue weighted by Crippen LogP contribution is 2.44. The Hall–Kier alpha value is -5.67. The number of anilines is 4. The number of nitrogens with zero attached hydrogens (tertiary/aromatic N) is 7. The van der Waals surface area contributed by atoms with Crippen molar-refractivity contribution in [3.05, 3.63) is 108 Å². The number of rotatable bonds is 12. The summed E-state index contributed by atoms with van der Waals surface area (Å²) in [5, 5.41) is 7.87. The zero-order valence-electron chi connectivity index (χ0n) is 30.0. The normalized spacial score (nSPS) is 16.3. The standard InChI is InChI=1S/C39H41F2N9O3S/c1-39(12-14-48(15-13-39)21-26(22-49-25-43-24-44-49)30-10-8-27(40)18-31(30)41)46-37(52)35-20-33(38(54-35)45-36(42)23-51)47(2)29-9-11-34-32(19-29)50(16-17-53-34)28-6-4-3-5-7-28/h3-11,18-20,23-26H,12-17,21-22H2,1-2H3,(H2,42,45)(H,46,52)/t26-/m0/s1. The SMILES string of the molecule is CN(c1ccc2c(c1)N(c1ccccc1)CCO2)c1cc(C(=O)NC2(C)CCN(C[C@@H](Cn3cncn3)c3ccc(F)cc3F)CC2)sc1/N=C(/N)C=O. The fraction of sp³-hybridized carbons (Fsp3) is 0.308. The molecule has 1 fully saturated rings. The fourth-order valence-corrected chi connectivity index (χ4v) is 7.99. The smallest absolute Gasteiger partial charge is 0.261 e. The Morgan fingerprint density at radius 3 is 2.61 bits per heavy atom. The van der Waals surface area contributed by atoms with Gasteiger partial charge in [0.25, 0.3) is 5.91 Å². The average Bonchev–Trinajstić information content (AvgIpc) is 3.85. The van der Waals surface area contributed by atoms with E-state index in [1.165, 1.54) is 18.5 Å². The Morgan fingerprint density at radius 1 is 1.09 bits per heavy atom. The van der Waals surface area contributed by atoms with Crippen molar-refractivity contribution in [1.29, 1.82) is 0 Å². The minimum Gasteiger partial charge on any atom is -0.490 e. The first-order valence-corrected chi connectivity index (χ1v) is 18.5. The van der Waals surface area contributed by atoms with Gasteiger partial charge in [0.1, 0.15) is 41.6 Å². The van der Waals surface area contributed by atoms with E-state index in [1.807, 2.05) is 55.3 Å². The van der Waals surface area contributed by atoms with Crippen LogP contribution in [-0.4, -0.2) is 83.1 Å². The second-order valence-corrected chi connectivity index (χ2v) is 14.8. The third-order valence-electron chi connectivity index (χ3n) is 10.0. The molecule has 0 radical (unpaired) electrons. The number of para-hydroxylation sites is 1. The summed E-state index contributed by atoms with van der Waals surface area (Å²) in [6.45, 7) is 5.47. The fourth-order valence-electron chi connectivity index (χ4n) is 7.02. The highest BCUT2D eigenvalue weighted by atomic mass is 32.1. The highest BCUT2D eigenvalue weighted by molar-refractivity contribution is 7.18. The van der Waals surface area contributed by atoms with Crippen LogP contribution in [0.2, 0.25) is 0 Å². The van der Waals surface area contributed by atoms with Crippen molar-refractivity contribution < 1.29 is 23.1 Å². The summed E-state index contributed by atoms with van der Waals surface area (Å²) in [6.07, 6.45) is 4.79. The number of likely N-dealkylation sites (tertiary alicyclic amines) is 1. The van der Waals surface area contributed by atoms with E-state index in [2.05, 4.69) is 42.3 Å². The van der Waals surface area contributed by atoms with Crippen molar-refractivity contribution in [1.82, 2.24) is 25.0 Å². The number of piperidine rings is 1. The van der Waals surface area contributed by atoms with Crippen molar-refractivity contribution in [2.75, 3.05) is 49.6 Å². The minimum atomic E-state index is -0.625. The predicted molar refractivity (Wildman–Crippen MR) is 206 cm³/mol. The number of nitrogens with one attached hydrogen (secondary N) is 1. The van der Waals surface area contributed by atoms with Gasteiger partial charge >= 0.3 is 0 Å². The Labute approximate surface area is 315 Å².